The number of nitrogens with zero attached hydrogens (tertiary/aromatic N) is 4. The molecule has 5 rings (SSSR count). The Hall–Kier alpha value is -3.77. The molecule has 0 saturated carbocycles. The summed E-state index contributed by atoms with van der Waals surface area (Å²) in [4.78, 5) is 34.5. The number of amides is 1. The van der Waals surface area contributed by atoms with E-state index < -0.39 is 0 Å². The van der Waals surface area contributed by atoms with Crippen LogP contribution in [0.3, 0.4) is 0 Å². The third-order valence-electron chi connectivity index (χ3n) is 6.21. The van der Waals surface area contributed by atoms with Gasteiger partial charge in [-0.1, -0.05) is 42.0 Å². The van der Waals surface area contributed by atoms with Crippen LogP contribution < -0.4 is 5.56 Å². The van der Waals surface area contributed by atoms with Crippen LogP contribution in [0.25, 0.3) is 16.6 Å². The van der Waals surface area contributed by atoms with Gasteiger partial charge in [0, 0.05) is 38.3 Å². The molecule has 6 heteroatoms. The fraction of sp³-hybridized carbons (Fsp3) is 0.222. The van der Waals surface area contributed by atoms with Gasteiger partial charge in [-0.2, -0.15) is 0 Å². The maximum Gasteiger partial charge on any atom is 0.265 e. The lowest BCUT2D eigenvalue weighted by Gasteiger charge is -2.34. The smallest absolute Gasteiger partial charge is 0.265 e. The van der Waals surface area contributed by atoms with E-state index >= 15 is 0 Å². The Morgan fingerprint density at radius 2 is 1.67 bits per heavy atom. The summed E-state index contributed by atoms with van der Waals surface area (Å²) in [7, 11) is 0. The molecule has 0 bridgehead atoms. The number of fused-ring (bicyclic) bond motifs is 1. The van der Waals surface area contributed by atoms with Gasteiger partial charge in [0.1, 0.15) is 6.33 Å². The molecule has 0 aliphatic carbocycles. The molecule has 1 amide bonds. The minimum Gasteiger partial charge on any atom is -0.336 e. The average Bonchev–Trinajstić information content (AvgIpc) is 2.85. The Labute approximate surface area is 192 Å². The molecule has 1 aliphatic heterocycles. The van der Waals surface area contributed by atoms with Gasteiger partial charge < -0.3 is 4.90 Å². The lowest BCUT2D eigenvalue weighted by molar-refractivity contribution is 0.0628. The Balaban J connectivity index is 1.25. The number of para-hydroxylation sites is 1. The molecule has 1 saturated heterocycles. The minimum atomic E-state index is -0.121. The second-order valence-corrected chi connectivity index (χ2v) is 8.54. The van der Waals surface area contributed by atoms with E-state index in [-0.39, 0.29) is 11.5 Å². The standard InChI is InChI=1S/C27H26N4O2/c1-20-5-4-6-21(17-20)18-29-13-15-30(16-14-29)26(32)22-9-11-23(12-10-22)31-19-28-25-8-3-2-7-24(25)27(31)33/h2-12,17,19H,13-16,18H2,1H3. The first-order valence-electron chi connectivity index (χ1n) is 11.2. The molecule has 0 N–H and O–H groups in total. The summed E-state index contributed by atoms with van der Waals surface area (Å²) in [5, 5.41) is 0.573. The Morgan fingerprint density at radius 1 is 0.909 bits per heavy atom. The van der Waals surface area contributed by atoms with E-state index in [4.69, 9.17) is 0 Å². The van der Waals surface area contributed by atoms with E-state index in [1.807, 2.05) is 23.1 Å². The van der Waals surface area contributed by atoms with E-state index in [1.165, 1.54) is 22.0 Å². The number of carbonyl (C=O) groups is 1. The minimum absolute atomic E-state index is 0.0285. The van der Waals surface area contributed by atoms with Crippen molar-refractivity contribution in [2.45, 2.75) is 13.5 Å². The summed E-state index contributed by atoms with van der Waals surface area (Å²) < 4.78 is 1.51. The van der Waals surface area contributed by atoms with Gasteiger partial charge in [0.25, 0.3) is 11.5 Å². The summed E-state index contributed by atoms with van der Waals surface area (Å²) in [5.74, 6) is 0.0285. The maximum absolute atomic E-state index is 13.0. The van der Waals surface area contributed by atoms with E-state index in [9.17, 15) is 9.59 Å². The SMILES string of the molecule is Cc1cccc(CN2CCN(C(=O)c3ccc(-n4cnc5ccccc5c4=O)cc3)CC2)c1. The molecule has 1 aromatic heterocycles. The fourth-order valence-corrected chi connectivity index (χ4v) is 4.38. The fourth-order valence-electron chi connectivity index (χ4n) is 4.38. The number of rotatable bonds is 4. The van der Waals surface area contributed by atoms with Crippen LogP contribution in [0.1, 0.15) is 21.5 Å². The zero-order valence-electron chi connectivity index (χ0n) is 18.6. The van der Waals surface area contributed by atoms with Crippen molar-refractivity contribution in [2.24, 2.45) is 0 Å². The molecule has 0 unspecified atom stereocenters. The third kappa shape index (κ3) is 4.43. The van der Waals surface area contributed by atoms with Gasteiger partial charge in [-0.3, -0.25) is 19.1 Å². The second-order valence-electron chi connectivity index (χ2n) is 8.54. The molecule has 0 atom stereocenters. The van der Waals surface area contributed by atoms with Crippen molar-refractivity contribution in [3.63, 3.8) is 0 Å². The van der Waals surface area contributed by atoms with Gasteiger partial charge in [0.2, 0.25) is 0 Å². The molecule has 3 aromatic carbocycles. The number of piperazine rings is 1. The predicted octanol–water partition coefficient (Wildman–Crippen LogP) is 3.65. The van der Waals surface area contributed by atoms with Crippen molar-refractivity contribution < 1.29 is 4.79 Å². The quantitative estimate of drug-likeness (QED) is 0.488. The number of carbonyl (C=O) groups excluding carboxylic acids is 1. The lowest BCUT2D eigenvalue weighted by Crippen LogP contribution is -2.48. The van der Waals surface area contributed by atoms with Crippen molar-refractivity contribution >= 4 is 16.8 Å². The second kappa shape index (κ2) is 9.00. The normalized spacial score (nSPS) is 14.5. The molecular formula is C27H26N4O2. The summed E-state index contributed by atoms with van der Waals surface area (Å²) in [6.45, 7) is 6.15. The van der Waals surface area contributed by atoms with Crippen LogP contribution in [-0.2, 0) is 6.54 Å². The molecular weight excluding hydrogens is 412 g/mol. The highest BCUT2D eigenvalue weighted by Crippen LogP contribution is 2.15. The number of benzene rings is 3. The summed E-state index contributed by atoms with van der Waals surface area (Å²) in [6.07, 6.45) is 1.54. The number of aromatic nitrogens is 2. The van der Waals surface area contributed by atoms with Crippen molar-refractivity contribution in [2.75, 3.05) is 26.2 Å². The number of hydrogen-bond acceptors (Lipinski definition) is 4. The predicted molar refractivity (Wildman–Crippen MR) is 130 cm³/mol. The van der Waals surface area contributed by atoms with Crippen molar-refractivity contribution in [3.8, 4) is 5.69 Å². The molecule has 33 heavy (non-hydrogen) atoms. The largest absolute Gasteiger partial charge is 0.336 e. The summed E-state index contributed by atoms with van der Waals surface area (Å²) in [6, 6.07) is 23.1. The highest BCUT2D eigenvalue weighted by molar-refractivity contribution is 5.94. The van der Waals surface area contributed by atoms with Crippen LogP contribution in [0.2, 0.25) is 0 Å². The average molecular weight is 439 g/mol. The van der Waals surface area contributed by atoms with E-state index in [0.29, 0.717) is 35.2 Å². The van der Waals surface area contributed by atoms with Crippen LogP contribution in [0.5, 0.6) is 0 Å². The van der Waals surface area contributed by atoms with Crippen molar-refractivity contribution in [1.82, 2.24) is 19.4 Å². The molecule has 1 aliphatic rings. The Morgan fingerprint density at radius 3 is 2.42 bits per heavy atom. The maximum atomic E-state index is 13.0. The molecule has 1 fully saturated rings. The van der Waals surface area contributed by atoms with Gasteiger partial charge in [-0.15, -0.1) is 0 Å². The first-order valence-corrected chi connectivity index (χ1v) is 11.2. The van der Waals surface area contributed by atoms with Crippen LogP contribution >= 0.6 is 0 Å². The van der Waals surface area contributed by atoms with Gasteiger partial charge in [-0.25, -0.2) is 4.98 Å². The molecule has 0 spiro atoms. The zero-order valence-corrected chi connectivity index (χ0v) is 18.6. The Bertz CT molecular complexity index is 1350. The van der Waals surface area contributed by atoms with Gasteiger partial charge >= 0.3 is 0 Å². The van der Waals surface area contributed by atoms with E-state index in [2.05, 4.69) is 41.1 Å². The Kier molecular flexibility index (Phi) is 5.75. The topological polar surface area (TPSA) is 58.4 Å². The third-order valence-corrected chi connectivity index (χ3v) is 6.21. The number of hydrogen-bond donors (Lipinski definition) is 0. The van der Waals surface area contributed by atoms with Crippen LogP contribution in [0.4, 0.5) is 0 Å². The zero-order chi connectivity index (χ0) is 22.8. The van der Waals surface area contributed by atoms with E-state index in [0.717, 1.165) is 19.6 Å². The first kappa shape index (κ1) is 21.1. The van der Waals surface area contributed by atoms with Crippen LogP contribution in [-0.4, -0.2) is 51.4 Å². The molecule has 166 valence electrons. The number of aryl methyl sites for hydroxylation is 1. The van der Waals surface area contributed by atoms with Crippen molar-refractivity contribution in [1.29, 1.82) is 0 Å². The molecule has 0 radical (unpaired) electrons. The molecule has 6 nitrogen and oxygen atoms in total. The summed E-state index contributed by atoms with van der Waals surface area (Å²) >= 11 is 0. The monoisotopic (exact) mass is 438 g/mol. The highest BCUT2D eigenvalue weighted by atomic mass is 16.2. The van der Waals surface area contributed by atoms with Gasteiger partial charge in [0.15, 0.2) is 0 Å². The van der Waals surface area contributed by atoms with Crippen LogP contribution in [0, 0.1) is 6.92 Å². The molecule has 2 heterocycles. The van der Waals surface area contributed by atoms with Gasteiger partial charge in [0.05, 0.1) is 16.6 Å². The lowest BCUT2D eigenvalue weighted by atomic mass is 10.1. The van der Waals surface area contributed by atoms with Crippen LogP contribution in [0.15, 0.2) is 83.9 Å². The first-order chi connectivity index (χ1) is 16.1. The van der Waals surface area contributed by atoms with Crippen molar-refractivity contribution in [3.05, 3.63) is 106 Å². The summed E-state index contributed by atoms with van der Waals surface area (Å²) in [5.41, 5.74) is 4.46. The molecule has 4 aromatic rings. The van der Waals surface area contributed by atoms with E-state index in [1.54, 1.807) is 30.3 Å². The highest BCUT2D eigenvalue weighted by Gasteiger charge is 2.22. The van der Waals surface area contributed by atoms with Gasteiger partial charge in [-0.05, 0) is 48.9 Å².